The van der Waals surface area contributed by atoms with Crippen molar-refractivity contribution in [2.24, 2.45) is 11.7 Å². The molecule has 0 spiro atoms. The van der Waals surface area contributed by atoms with Gasteiger partial charge in [-0.3, -0.25) is 0 Å². The van der Waals surface area contributed by atoms with Crippen molar-refractivity contribution in [1.82, 2.24) is 0 Å². The summed E-state index contributed by atoms with van der Waals surface area (Å²) in [5.41, 5.74) is 6.83. The van der Waals surface area contributed by atoms with Crippen molar-refractivity contribution in [2.45, 2.75) is 31.7 Å². The largest absolute Gasteiger partial charge is 0.506 e. The van der Waals surface area contributed by atoms with E-state index in [-0.39, 0.29) is 29.8 Å². The van der Waals surface area contributed by atoms with Crippen LogP contribution in [0.3, 0.4) is 0 Å². The summed E-state index contributed by atoms with van der Waals surface area (Å²) in [6.07, 6.45) is 4.38. The number of benzene rings is 1. The van der Waals surface area contributed by atoms with Gasteiger partial charge >= 0.3 is 5.97 Å². The zero-order valence-electron chi connectivity index (χ0n) is 10.3. The van der Waals surface area contributed by atoms with Gasteiger partial charge in [0, 0.05) is 11.6 Å². The van der Waals surface area contributed by atoms with Crippen molar-refractivity contribution in [1.29, 1.82) is 0 Å². The summed E-state index contributed by atoms with van der Waals surface area (Å²) in [5, 5.41) is 19.0. The van der Waals surface area contributed by atoms with E-state index in [9.17, 15) is 9.90 Å². The molecule has 1 aromatic carbocycles. The van der Waals surface area contributed by atoms with E-state index < -0.39 is 5.97 Å². The van der Waals surface area contributed by atoms with E-state index in [4.69, 9.17) is 10.8 Å². The number of hydrogen-bond donors (Lipinski definition) is 3. The van der Waals surface area contributed by atoms with Crippen molar-refractivity contribution in [3.05, 3.63) is 27.7 Å². The van der Waals surface area contributed by atoms with Crippen LogP contribution < -0.4 is 5.73 Å². The first kappa shape index (κ1) is 16.3. The van der Waals surface area contributed by atoms with Gasteiger partial charge in [0.25, 0.3) is 0 Å². The molecule has 6 heteroatoms. The molecular weight excluding hydrogens is 334 g/mol. The lowest BCUT2D eigenvalue weighted by Gasteiger charge is -2.21. The van der Waals surface area contributed by atoms with Gasteiger partial charge in [-0.2, -0.15) is 0 Å². The molecule has 1 fully saturated rings. The normalized spacial score (nSPS) is 16.9. The minimum Gasteiger partial charge on any atom is -0.506 e. The fourth-order valence-electron chi connectivity index (χ4n) is 2.57. The Hall–Kier alpha value is -0.780. The molecule has 0 unspecified atom stereocenters. The van der Waals surface area contributed by atoms with Crippen molar-refractivity contribution in [3.8, 4) is 5.75 Å². The minimum absolute atomic E-state index is 0. The molecule has 1 saturated carbocycles. The number of nitrogens with two attached hydrogens (primary N) is 1. The second kappa shape index (κ2) is 6.59. The lowest BCUT2D eigenvalue weighted by atomic mass is 9.91. The molecule has 0 radical (unpaired) electrons. The van der Waals surface area contributed by atoms with Crippen LogP contribution in [-0.4, -0.2) is 16.2 Å². The van der Waals surface area contributed by atoms with Crippen LogP contribution in [-0.2, 0) is 0 Å². The highest BCUT2D eigenvalue weighted by Crippen LogP contribution is 2.40. The smallest absolute Gasteiger partial charge is 0.335 e. The third kappa shape index (κ3) is 3.41. The fourth-order valence-corrected chi connectivity index (χ4v) is 3.04. The molecule has 2 rings (SSSR count). The van der Waals surface area contributed by atoms with Gasteiger partial charge in [0.2, 0.25) is 0 Å². The Balaban J connectivity index is 0.00000180. The first-order chi connectivity index (χ1) is 8.50. The Kier molecular flexibility index (Phi) is 5.64. The van der Waals surface area contributed by atoms with Crippen LogP contribution in [0.25, 0.3) is 0 Å². The molecule has 0 amide bonds. The molecule has 0 heterocycles. The monoisotopic (exact) mass is 349 g/mol. The van der Waals surface area contributed by atoms with Gasteiger partial charge in [0.15, 0.2) is 0 Å². The van der Waals surface area contributed by atoms with E-state index in [0.717, 1.165) is 25.7 Å². The first-order valence-electron chi connectivity index (χ1n) is 6.02. The Morgan fingerprint density at radius 1 is 1.37 bits per heavy atom. The molecule has 4 N–H and O–H groups in total. The van der Waals surface area contributed by atoms with Crippen LogP contribution in [0.4, 0.5) is 0 Å². The van der Waals surface area contributed by atoms with E-state index in [0.29, 0.717) is 16.0 Å². The summed E-state index contributed by atoms with van der Waals surface area (Å²) >= 11 is 3.17. The van der Waals surface area contributed by atoms with Gasteiger partial charge in [0.05, 0.1) is 10.0 Å². The Bertz CT molecular complexity index is 475. The Labute approximate surface area is 126 Å². The average molecular weight is 351 g/mol. The van der Waals surface area contributed by atoms with Gasteiger partial charge < -0.3 is 15.9 Å². The second-order valence-electron chi connectivity index (χ2n) is 4.77. The third-order valence-electron chi connectivity index (χ3n) is 3.61. The molecule has 106 valence electrons. The van der Waals surface area contributed by atoms with Gasteiger partial charge in [-0.1, -0.05) is 12.8 Å². The quantitative estimate of drug-likeness (QED) is 0.779. The maximum absolute atomic E-state index is 11.0. The third-order valence-corrected chi connectivity index (χ3v) is 4.21. The van der Waals surface area contributed by atoms with Crippen molar-refractivity contribution in [3.63, 3.8) is 0 Å². The molecule has 1 aliphatic rings. The molecule has 1 aliphatic carbocycles. The highest BCUT2D eigenvalue weighted by molar-refractivity contribution is 9.10. The van der Waals surface area contributed by atoms with E-state index >= 15 is 0 Å². The maximum atomic E-state index is 11.0. The molecule has 0 bridgehead atoms. The molecule has 1 atom stereocenters. The second-order valence-corrected chi connectivity index (χ2v) is 5.63. The zero-order chi connectivity index (χ0) is 13.3. The fraction of sp³-hybridized carbons (Fsp3) is 0.462. The molecule has 0 saturated heterocycles. The summed E-state index contributed by atoms with van der Waals surface area (Å²) in [6.45, 7) is 0. The van der Waals surface area contributed by atoms with E-state index in [1.54, 1.807) is 0 Å². The number of aromatic carboxylic acids is 1. The number of phenolic OH excluding ortho intramolecular Hbond substituents is 1. The summed E-state index contributed by atoms with van der Waals surface area (Å²) in [4.78, 5) is 11.0. The number of carboxylic acid groups (broad SMARTS) is 1. The van der Waals surface area contributed by atoms with Gasteiger partial charge in [0.1, 0.15) is 5.75 Å². The average Bonchev–Trinajstić information content (AvgIpc) is 2.85. The van der Waals surface area contributed by atoms with Crippen LogP contribution >= 0.6 is 28.3 Å². The zero-order valence-corrected chi connectivity index (χ0v) is 12.7. The highest BCUT2D eigenvalue weighted by Gasteiger charge is 2.26. The summed E-state index contributed by atoms with van der Waals surface area (Å²) in [6, 6.07) is 2.57. The predicted molar refractivity (Wildman–Crippen MR) is 78.9 cm³/mol. The molecule has 1 aromatic rings. The first-order valence-corrected chi connectivity index (χ1v) is 6.81. The predicted octanol–water partition coefficient (Wildman–Crippen LogP) is 3.46. The standard InChI is InChI=1S/C13H16BrNO3.ClH/c14-10-6-8(13(17)18)5-9(12(10)16)11(15)7-3-1-2-4-7;/h5-7,11,16H,1-4,15H2,(H,17,18);1H/t11-;/m1./s1. The van der Waals surface area contributed by atoms with Gasteiger partial charge in [-0.05, 0) is 46.8 Å². The number of carbonyl (C=O) groups is 1. The number of halogens is 2. The minimum atomic E-state index is -1.02. The van der Waals surface area contributed by atoms with E-state index in [2.05, 4.69) is 15.9 Å². The lowest BCUT2D eigenvalue weighted by Crippen LogP contribution is -2.20. The van der Waals surface area contributed by atoms with Crippen LogP contribution in [0.1, 0.15) is 47.6 Å². The number of carboxylic acids is 1. The summed E-state index contributed by atoms with van der Waals surface area (Å²) < 4.78 is 0.380. The van der Waals surface area contributed by atoms with Crippen molar-refractivity contribution < 1.29 is 15.0 Å². The molecular formula is C13H17BrClNO3. The summed E-state index contributed by atoms with van der Waals surface area (Å²) in [5.74, 6) is -0.637. The van der Waals surface area contributed by atoms with Crippen LogP contribution in [0.15, 0.2) is 16.6 Å². The molecule has 0 aromatic heterocycles. The van der Waals surface area contributed by atoms with E-state index in [1.807, 2.05) is 0 Å². The van der Waals surface area contributed by atoms with Crippen LogP contribution in [0.2, 0.25) is 0 Å². The topological polar surface area (TPSA) is 83.6 Å². The highest BCUT2D eigenvalue weighted by atomic mass is 79.9. The molecule has 0 aliphatic heterocycles. The molecule has 19 heavy (non-hydrogen) atoms. The number of phenols is 1. The number of rotatable bonds is 3. The van der Waals surface area contributed by atoms with Gasteiger partial charge in [-0.25, -0.2) is 4.79 Å². The van der Waals surface area contributed by atoms with Crippen LogP contribution in [0.5, 0.6) is 5.75 Å². The summed E-state index contributed by atoms with van der Waals surface area (Å²) in [7, 11) is 0. The van der Waals surface area contributed by atoms with Gasteiger partial charge in [-0.15, -0.1) is 12.4 Å². The van der Waals surface area contributed by atoms with E-state index in [1.165, 1.54) is 12.1 Å². The number of aromatic hydroxyl groups is 1. The lowest BCUT2D eigenvalue weighted by molar-refractivity contribution is 0.0696. The molecule has 4 nitrogen and oxygen atoms in total. The van der Waals surface area contributed by atoms with Crippen molar-refractivity contribution in [2.75, 3.05) is 0 Å². The Morgan fingerprint density at radius 2 is 1.95 bits per heavy atom. The van der Waals surface area contributed by atoms with Crippen molar-refractivity contribution >= 4 is 34.3 Å². The maximum Gasteiger partial charge on any atom is 0.335 e. The Morgan fingerprint density at radius 3 is 2.47 bits per heavy atom. The number of hydrogen-bond acceptors (Lipinski definition) is 3. The SMILES string of the molecule is Cl.N[C@@H](c1cc(C(=O)O)cc(Br)c1O)C1CCCC1. The van der Waals surface area contributed by atoms with Crippen LogP contribution in [0, 0.1) is 5.92 Å².